The Balaban J connectivity index is 2.10. The molecule has 19 heavy (non-hydrogen) atoms. The Kier molecular flexibility index (Phi) is 4.87. The molecule has 2 heteroatoms. The molecule has 0 radical (unpaired) electrons. The second kappa shape index (κ2) is 6.42. The average molecular weight is 261 g/mol. The molecule has 3 unspecified atom stereocenters. The molecule has 0 saturated heterocycles. The Labute approximate surface area is 117 Å². The van der Waals surface area contributed by atoms with E-state index in [0.717, 1.165) is 17.6 Å². The largest absolute Gasteiger partial charge is 0.491 e. The lowest BCUT2D eigenvalue weighted by molar-refractivity contribution is 0.242. The molecule has 0 aromatic heterocycles. The van der Waals surface area contributed by atoms with E-state index in [1.807, 2.05) is 0 Å². The van der Waals surface area contributed by atoms with E-state index in [-0.39, 0.29) is 6.10 Å². The van der Waals surface area contributed by atoms with E-state index < -0.39 is 0 Å². The quantitative estimate of drug-likeness (QED) is 0.859. The van der Waals surface area contributed by atoms with Gasteiger partial charge in [0.15, 0.2) is 0 Å². The molecule has 106 valence electrons. The molecular formula is C17H27NO. The molecule has 2 rings (SSSR count). The molecule has 3 atom stereocenters. The third kappa shape index (κ3) is 3.50. The van der Waals surface area contributed by atoms with Crippen LogP contribution >= 0.6 is 0 Å². The first-order chi connectivity index (χ1) is 9.11. The van der Waals surface area contributed by atoms with Crippen molar-refractivity contribution in [1.29, 1.82) is 0 Å². The van der Waals surface area contributed by atoms with Crippen molar-refractivity contribution in [2.75, 3.05) is 7.05 Å². The van der Waals surface area contributed by atoms with Gasteiger partial charge in [0.1, 0.15) is 5.75 Å². The number of ether oxygens (including phenoxy) is 1. The second-order valence-corrected chi connectivity index (χ2v) is 6.07. The Morgan fingerprint density at radius 3 is 2.32 bits per heavy atom. The normalized spacial score (nSPS) is 24.7. The molecule has 0 bridgehead atoms. The van der Waals surface area contributed by atoms with Gasteiger partial charge in [-0.1, -0.05) is 31.9 Å². The summed E-state index contributed by atoms with van der Waals surface area (Å²) in [6.07, 6.45) is 4.33. The van der Waals surface area contributed by atoms with E-state index >= 15 is 0 Å². The minimum atomic E-state index is 0.237. The Bertz CT molecular complexity index is 385. The van der Waals surface area contributed by atoms with Crippen LogP contribution in [0.25, 0.3) is 0 Å². The molecule has 1 aliphatic rings. The Morgan fingerprint density at radius 1 is 1.16 bits per heavy atom. The van der Waals surface area contributed by atoms with Gasteiger partial charge in [0.05, 0.1) is 6.10 Å². The SMILES string of the molecule is CNC(c1ccc(OC(C)C)cc1)C1CCCC1C. The molecule has 1 saturated carbocycles. The van der Waals surface area contributed by atoms with Crippen LogP contribution in [0, 0.1) is 11.8 Å². The zero-order valence-electron chi connectivity index (χ0n) is 12.6. The third-order valence-corrected chi connectivity index (χ3v) is 4.28. The van der Waals surface area contributed by atoms with Crippen molar-refractivity contribution in [3.05, 3.63) is 29.8 Å². The third-order valence-electron chi connectivity index (χ3n) is 4.28. The second-order valence-electron chi connectivity index (χ2n) is 6.07. The molecule has 1 aromatic rings. The van der Waals surface area contributed by atoms with Crippen molar-refractivity contribution >= 4 is 0 Å². The minimum absolute atomic E-state index is 0.237. The van der Waals surface area contributed by atoms with Crippen LogP contribution in [0.4, 0.5) is 0 Å². The first-order valence-corrected chi connectivity index (χ1v) is 7.55. The van der Waals surface area contributed by atoms with E-state index in [4.69, 9.17) is 4.74 Å². The number of benzene rings is 1. The van der Waals surface area contributed by atoms with Crippen LogP contribution in [0.15, 0.2) is 24.3 Å². The number of rotatable bonds is 5. The summed E-state index contributed by atoms with van der Waals surface area (Å²) in [5.74, 6) is 2.55. The van der Waals surface area contributed by atoms with Gasteiger partial charge >= 0.3 is 0 Å². The zero-order chi connectivity index (χ0) is 13.8. The maximum atomic E-state index is 5.71. The highest BCUT2D eigenvalue weighted by Crippen LogP contribution is 2.40. The smallest absolute Gasteiger partial charge is 0.119 e. The Morgan fingerprint density at radius 2 is 1.84 bits per heavy atom. The van der Waals surface area contributed by atoms with Crippen molar-refractivity contribution < 1.29 is 4.74 Å². The highest BCUT2D eigenvalue weighted by atomic mass is 16.5. The summed E-state index contributed by atoms with van der Waals surface area (Å²) in [5, 5.41) is 3.51. The Hall–Kier alpha value is -1.02. The standard InChI is InChI=1S/C17H27NO/c1-12(2)19-15-10-8-14(9-11-15)17(18-4)16-7-5-6-13(16)3/h8-13,16-18H,5-7H2,1-4H3. The summed E-state index contributed by atoms with van der Waals surface area (Å²) in [4.78, 5) is 0. The molecule has 1 aliphatic carbocycles. The lowest BCUT2D eigenvalue weighted by Crippen LogP contribution is -2.26. The predicted octanol–water partition coefficient (Wildman–Crippen LogP) is 4.17. The van der Waals surface area contributed by atoms with Crippen LogP contribution in [-0.4, -0.2) is 13.2 Å². The van der Waals surface area contributed by atoms with Crippen LogP contribution in [0.2, 0.25) is 0 Å². The molecule has 0 spiro atoms. The number of nitrogens with one attached hydrogen (secondary N) is 1. The first-order valence-electron chi connectivity index (χ1n) is 7.55. The van der Waals surface area contributed by atoms with E-state index in [2.05, 4.69) is 57.4 Å². The van der Waals surface area contributed by atoms with Gasteiger partial charge in [0, 0.05) is 6.04 Å². The van der Waals surface area contributed by atoms with Gasteiger partial charge in [-0.3, -0.25) is 0 Å². The minimum Gasteiger partial charge on any atom is -0.491 e. The summed E-state index contributed by atoms with van der Waals surface area (Å²) >= 11 is 0. The summed E-state index contributed by atoms with van der Waals surface area (Å²) in [6.45, 7) is 6.51. The lowest BCUT2D eigenvalue weighted by Gasteiger charge is -2.27. The van der Waals surface area contributed by atoms with Gasteiger partial charge in [-0.25, -0.2) is 0 Å². The fraction of sp³-hybridized carbons (Fsp3) is 0.647. The summed E-state index contributed by atoms with van der Waals surface area (Å²) < 4.78 is 5.71. The van der Waals surface area contributed by atoms with Crippen molar-refractivity contribution in [3.8, 4) is 5.75 Å². The highest BCUT2D eigenvalue weighted by Gasteiger charge is 2.30. The van der Waals surface area contributed by atoms with Crippen LogP contribution in [0.3, 0.4) is 0 Å². The fourth-order valence-corrected chi connectivity index (χ4v) is 3.32. The maximum absolute atomic E-state index is 5.71. The fourth-order valence-electron chi connectivity index (χ4n) is 3.32. The molecule has 1 fully saturated rings. The number of hydrogen-bond acceptors (Lipinski definition) is 2. The van der Waals surface area contributed by atoms with Crippen molar-refractivity contribution in [2.45, 2.75) is 52.2 Å². The molecule has 1 N–H and O–H groups in total. The monoisotopic (exact) mass is 261 g/mol. The molecule has 0 amide bonds. The lowest BCUT2D eigenvalue weighted by atomic mass is 9.86. The van der Waals surface area contributed by atoms with Gasteiger partial charge in [-0.05, 0) is 56.8 Å². The van der Waals surface area contributed by atoms with Crippen LogP contribution in [0.5, 0.6) is 5.75 Å². The highest BCUT2D eigenvalue weighted by molar-refractivity contribution is 5.30. The van der Waals surface area contributed by atoms with Crippen molar-refractivity contribution in [1.82, 2.24) is 5.32 Å². The average Bonchev–Trinajstić information content (AvgIpc) is 2.78. The van der Waals surface area contributed by atoms with Crippen molar-refractivity contribution in [3.63, 3.8) is 0 Å². The van der Waals surface area contributed by atoms with Gasteiger partial charge in [-0.15, -0.1) is 0 Å². The van der Waals surface area contributed by atoms with Crippen LogP contribution in [0.1, 0.15) is 51.6 Å². The summed E-state index contributed by atoms with van der Waals surface area (Å²) in [7, 11) is 2.08. The molecule has 1 aromatic carbocycles. The van der Waals surface area contributed by atoms with Crippen LogP contribution < -0.4 is 10.1 Å². The summed E-state index contributed by atoms with van der Waals surface area (Å²) in [6, 6.07) is 9.09. The predicted molar refractivity (Wildman–Crippen MR) is 80.5 cm³/mol. The number of hydrogen-bond donors (Lipinski definition) is 1. The van der Waals surface area contributed by atoms with E-state index in [1.165, 1.54) is 24.8 Å². The topological polar surface area (TPSA) is 21.3 Å². The zero-order valence-corrected chi connectivity index (χ0v) is 12.6. The van der Waals surface area contributed by atoms with Crippen molar-refractivity contribution in [2.24, 2.45) is 11.8 Å². The van der Waals surface area contributed by atoms with E-state index in [0.29, 0.717) is 6.04 Å². The van der Waals surface area contributed by atoms with E-state index in [1.54, 1.807) is 0 Å². The van der Waals surface area contributed by atoms with Gasteiger partial charge in [0.2, 0.25) is 0 Å². The molecular weight excluding hydrogens is 234 g/mol. The van der Waals surface area contributed by atoms with Gasteiger partial charge in [0.25, 0.3) is 0 Å². The van der Waals surface area contributed by atoms with E-state index in [9.17, 15) is 0 Å². The van der Waals surface area contributed by atoms with Gasteiger partial charge in [-0.2, -0.15) is 0 Å². The first kappa shape index (κ1) is 14.4. The summed E-state index contributed by atoms with van der Waals surface area (Å²) in [5.41, 5.74) is 1.39. The van der Waals surface area contributed by atoms with Crippen LogP contribution in [-0.2, 0) is 0 Å². The molecule has 0 aliphatic heterocycles. The molecule has 0 heterocycles. The van der Waals surface area contributed by atoms with Gasteiger partial charge < -0.3 is 10.1 Å². The maximum Gasteiger partial charge on any atom is 0.119 e. The molecule has 2 nitrogen and oxygen atoms in total.